The van der Waals surface area contributed by atoms with E-state index in [9.17, 15) is 8.78 Å². The van der Waals surface area contributed by atoms with Gasteiger partial charge >= 0.3 is 0 Å². The third-order valence-electron chi connectivity index (χ3n) is 1.53. The van der Waals surface area contributed by atoms with Gasteiger partial charge in [-0.05, 0) is 5.92 Å². The Morgan fingerprint density at radius 1 is 1.44 bits per heavy atom. The third-order valence-corrected chi connectivity index (χ3v) is 1.53. The lowest BCUT2D eigenvalue weighted by Gasteiger charge is -2.10. The number of halogens is 2. The van der Waals surface area contributed by atoms with Crippen molar-refractivity contribution in [2.24, 2.45) is 16.8 Å². The summed E-state index contributed by atoms with van der Waals surface area (Å²) in [5, 5.41) is 2.84. The standard InChI is InChI=1S/C9H20F2N4O/c1-7(2)5-14-9(15-12)13-3-4-16-6-8(10)11/h7-8H,3-6,12H2,1-2H3,(H2,13,14,15). The normalized spacial score (nSPS) is 12.3. The van der Waals surface area contributed by atoms with Crippen LogP contribution in [0.5, 0.6) is 0 Å². The number of alkyl halides is 2. The maximum atomic E-state index is 11.7. The molecule has 0 atom stereocenters. The zero-order valence-electron chi connectivity index (χ0n) is 9.67. The van der Waals surface area contributed by atoms with Gasteiger partial charge < -0.3 is 10.1 Å². The van der Waals surface area contributed by atoms with Crippen LogP contribution in [0.3, 0.4) is 0 Å². The van der Waals surface area contributed by atoms with Gasteiger partial charge in [-0.3, -0.25) is 10.4 Å². The Hall–Kier alpha value is -0.950. The molecule has 0 rings (SSSR count). The summed E-state index contributed by atoms with van der Waals surface area (Å²) in [4.78, 5) is 4.14. The number of aliphatic imine (C=N–C) groups is 1. The van der Waals surface area contributed by atoms with Crippen molar-refractivity contribution in [2.75, 3.05) is 26.3 Å². The van der Waals surface area contributed by atoms with Crippen molar-refractivity contribution in [3.05, 3.63) is 0 Å². The van der Waals surface area contributed by atoms with Crippen LogP contribution < -0.4 is 16.6 Å². The number of hydrogen-bond acceptors (Lipinski definition) is 3. The predicted molar refractivity (Wildman–Crippen MR) is 59.3 cm³/mol. The lowest BCUT2D eigenvalue weighted by atomic mass is 10.2. The van der Waals surface area contributed by atoms with E-state index in [-0.39, 0.29) is 6.61 Å². The smallest absolute Gasteiger partial charge is 0.261 e. The summed E-state index contributed by atoms with van der Waals surface area (Å²) in [6.45, 7) is 4.73. The molecule has 0 aliphatic heterocycles. The number of guanidine groups is 1. The fourth-order valence-corrected chi connectivity index (χ4v) is 0.840. The third kappa shape index (κ3) is 9.60. The first-order chi connectivity index (χ1) is 7.56. The quantitative estimate of drug-likeness (QED) is 0.196. The maximum Gasteiger partial charge on any atom is 0.261 e. The molecule has 5 nitrogen and oxygen atoms in total. The number of nitrogens with two attached hydrogens (primary N) is 1. The topological polar surface area (TPSA) is 71.7 Å². The van der Waals surface area contributed by atoms with Crippen LogP contribution >= 0.6 is 0 Å². The summed E-state index contributed by atoms with van der Waals surface area (Å²) < 4.78 is 28.1. The molecule has 0 aliphatic carbocycles. The molecule has 0 aromatic carbocycles. The van der Waals surface area contributed by atoms with Crippen LogP contribution in [0.1, 0.15) is 13.8 Å². The van der Waals surface area contributed by atoms with Crippen molar-refractivity contribution < 1.29 is 13.5 Å². The number of hydrazine groups is 1. The lowest BCUT2D eigenvalue weighted by Crippen LogP contribution is -2.43. The van der Waals surface area contributed by atoms with E-state index < -0.39 is 13.0 Å². The van der Waals surface area contributed by atoms with E-state index in [4.69, 9.17) is 5.84 Å². The van der Waals surface area contributed by atoms with E-state index in [0.29, 0.717) is 25.0 Å². The maximum absolute atomic E-state index is 11.7. The summed E-state index contributed by atoms with van der Waals surface area (Å²) in [5.74, 6) is 6.09. The Labute approximate surface area is 94.4 Å². The van der Waals surface area contributed by atoms with Gasteiger partial charge in [0.05, 0.1) is 6.61 Å². The second-order valence-corrected chi connectivity index (χ2v) is 3.62. The van der Waals surface area contributed by atoms with Crippen LogP contribution in [-0.2, 0) is 4.74 Å². The first kappa shape index (κ1) is 15.0. The predicted octanol–water partition coefficient (Wildman–Crippen LogP) is 0.333. The molecule has 0 heterocycles. The Morgan fingerprint density at radius 2 is 2.12 bits per heavy atom. The molecule has 0 aliphatic rings. The Balaban J connectivity index is 3.59. The molecule has 96 valence electrons. The van der Waals surface area contributed by atoms with E-state index in [1.54, 1.807) is 0 Å². The first-order valence-electron chi connectivity index (χ1n) is 5.17. The minimum Gasteiger partial charge on any atom is -0.374 e. The highest BCUT2D eigenvalue weighted by atomic mass is 19.3. The van der Waals surface area contributed by atoms with Gasteiger partial charge in [-0.1, -0.05) is 13.8 Å². The van der Waals surface area contributed by atoms with Crippen LogP contribution in [0.2, 0.25) is 0 Å². The van der Waals surface area contributed by atoms with Crippen LogP contribution in [0.4, 0.5) is 8.78 Å². The highest BCUT2D eigenvalue weighted by molar-refractivity contribution is 5.79. The first-order valence-corrected chi connectivity index (χ1v) is 5.17. The van der Waals surface area contributed by atoms with Crippen LogP contribution in [-0.4, -0.2) is 38.7 Å². The SMILES string of the molecule is CC(C)CN=C(NN)NCCOCC(F)F. The molecule has 0 spiro atoms. The summed E-state index contributed by atoms with van der Waals surface area (Å²) in [6, 6.07) is 0. The second-order valence-electron chi connectivity index (χ2n) is 3.62. The van der Waals surface area contributed by atoms with Crippen molar-refractivity contribution in [2.45, 2.75) is 20.3 Å². The summed E-state index contributed by atoms with van der Waals surface area (Å²) in [7, 11) is 0. The Bertz CT molecular complexity index is 200. The fourth-order valence-electron chi connectivity index (χ4n) is 0.840. The second kappa shape index (κ2) is 9.29. The lowest BCUT2D eigenvalue weighted by molar-refractivity contribution is 0.0196. The average molecular weight is 238 g/mol. The van der Waals surface area contributed by atoms with Crippen LogP contribution in [0, 0.1) is 5.92 Å². The molecule has 0 unspecified atom stereocenters. The number of ether oxygens (including phenoxy) is 1. The van der Waals surface area contributed by atoms with Gasteiger partial charge in [0.25, 0.3) is 6.43 Å². The molecule has 0 amide bonds. The molecule has 0 radical (unpaired) electrons. The molecular weight excluding hydrogens is 218 g/mol. The Morgan fingerprint density at radius 3 is 2.62 bits per heavy atom. The molecule has 0 saturated heterocycles. The Kier molecular flexibility index (Phi) is 8.74. The van der Waals surface area contributed by atoms with Crippen molar-refractivity contribution in [1.82, 2.24) is 10.7 Å². The van der Waals surface area contributed by atoms with Crippen molar-refractivity contribution >= 4 is 5.96 Å². The summed E-state index contributed by atoms with van der Waals surface area (Å²) >= 11 is 0. The molecular formula is C9H20F2N4O. The highest BCUT2D eigenvalue weighted by Gasteiger charge is 2.01. The minimum atomic E-state index is -2.43. The van der Waals surface area contributed by atoms with Gasteiger partial charge in [0.15, 0.2) is 0 Å². The number of nitrogens with one attached hydrogen (secondary N) is 2. The molecule has 0 aromatic heterocycles. The number of hydrogen-bond donors (Lipinski definition) is 3. The summed E-state index contributed by atoms with van der Waals surface area (Å²) in [6.07, 6.45) is -2.43. The monoisotopic (exact) mass is 238 g/mol. The van der Waals surface area contributed by atoms with Gasteiger partial charge in [0, 0.05) is 13.1 Å². The zero-order valence-corrected chi connectivity index (χ0v) is 9.67. The molecule has 0 fully saturated rings. The van der Waals surface area contributed by atoms with E-state index in [0.717, 1.165) is 0 Å². The van der Waals surface area contributed by atoms with Crippen molar-refractivity contribution in [3.63, 3.8) is 0 Å². The average Bonchev–Trinajstić information content (AvgIpc) is 2.21. The van der Waals surface area contributed by atoms with Gasteiger partial charge in [0.1, 0.15) is 6.61 Å². The molecule has 16 heavy (non-hydrogen) atoms. The van der Waals surface area contributed by atoms with Crippen molar-refractivity contribution in [1.29, 1.82) is 0 Å². The molecule has 0 saturated carbocycles. The zero-order chi connectivity index (χ0) is 12.4. The number of nitrogens with zero attached hydrogens (tertiary/aromatic N) is 1. The van der Waals surface area contributed by atoms with E-state index in [2.05, 4.69) is 20.5 Å². The van der Waals surface area contributed by atoms with Gasteiger partial charge in [-0.2, -0.15) is 0 Å². The van der Waals surface area contributed by atoms with Gasteiger partial charge in [0.2, 0.25) is 5.96 Å². The molecule has 0 bridgehead atoms. The van der Waals surface area contributed by atoms with Crippen LogP contribution in [0.15, 0.2) is 4.99 Å². The minimum absolute atomic E-state index is 0.187. The fraction of sp³-hybridized carbons (Fsp3) is 0.889. The molecule has 0 aromatic rings. The van der Waals surface area contributed by atoms with Crippen LogP contribution in [0.25, 0.3) is 0 Å². The van der Waals surface area contributed by atoms with E-state index in [1.165, 1.54) is 0 Å². The number of rotatable bonds is 7. The van der Waals surface area contributed by atoms with Gasteiger partial charge in [-0.25, -0.2) is 14.6 Å². The van der Waals surface area contributed by atoms with Crippen molar-refractivity contribution in [3.8, 4) is 0 Å². The van der Waals surface area contributed by atoms with Gasteiger partial charge in [-0.15, -0.1) is 0 Å². The van der Waals surface area contributed by atoms with E-state index >= 15 is 0 Å². The molecule has 7 heteroatoms. The molecule has 4 N–H and O–H groups in total. The largest absolute Gasteiger partial charge is 0.374 e. The summed E-state index contributed by atoms with van der Waals surface area (Å²) in [5.41, 5.74) is 2.39. The highest BCUT2D eigenvalue weighted by Crippen LogP contribution is 1.92. The van der Waals surface area contributed by atoms with E-state index in [1.807, 2.05) is 13.8 Å².